The Morgan fingerprint density at radius 2 is 2.00 bits per heavy atom. The molecule has 0 radical (unpaired) electrons. The number of hydrogen-bond donors (Lipinski definition) is 2. The summed E-state index contributed by atoms with van der Waals surface area (Å²) in [6.45, 7) is 3.38. The van der Waals surface area contributed by atoms with E-state index < -0.39 is 0 Å². The summed E-state index contributed by atoms with van der Waals surface area (Å²) in [7, 11) is 0. The molecular weight excluding hydrogens is 354 g/mol. The zero-order valence-corrected chi connectivity index (χ0v) is 15.6. The van der Waals surface area contributed by atoms with E-state index in [0.29, 0.717) is 23.1 Å². The van der Waals surface area contributed by atoms with Crippen LogP contribution in [0, 0.1) is 6.92 Å². The number of nitrogens with zero attached hydrogens (tertiary/aromatic N) is 1. The number of halogens is 1. The summed E-state index contributed by atoms with van der Waals surface area (Å²) in [6, 6.07) is 13.7. The summed E-state index contributed by atoms with van der Waals surface area (Å²) < 4.78 is 0. The highest BCUT2D eigenvalue weighted by atomic mass is 35.5. The normalized spacial score (nSPS) is 13.8. The number of rotatable bonds is 4. The maximum Gasteiger partial charge on any atom is 0.227 e. The number of nitrogens with one attached hydrogen (secondary N) is 2. The molecule has 3 rings (SSSR count). The van der Waals surface area contributed by atoms with Crippen LogP contribution in [-0.4, -0.2) is 17.6 Å². The van der Waals surface area contributed by atoms with Crippen LogP contribution < -0.4 is 15.5 Å². The molecule has 130 valence electrons. The van der Waals surface area contributed by atoms with Crippen LogP contribution in [0.3, 0.4) is 0 Å². The van der Waals surface area contributed by atoms with Crippen molar-refractivity contribution >= 4 is 46.2 Å². The summed E-state index contributed by atoms with van der Waals surface area (Å²) in [5, 5.41) is 7.55. The molecule has 1 fully saturated rings. The van der Waals surface area contributed by atoms with E-state index in [2.05, 4.69) is 10.6 Å². The third-order valence-electron chi connectivity index (χ3n) is 4.20. The SMILES string of the molecule is Cc1ccc(NC(=S)NCc2ccc(N3CCCC3=O)cc2)cc1Cl. The maximum absolute atomic E-state index is 11.8. The fourth-order valence-electron chi connectivity index (χ4n) is 2.74. The number of thiocarbonyl (C=S) groups is 1. The lowest BCUT2D eigenvalue weighted by Gasteiger charge is -2.16. The first-order valence-corrected chi connectivity index (χ1v) is 9.02. The van der Waals surface area contributed by atoms with Crippen LogP contribution in [0.4, 0.5) is 11.4 Å². The molecule has 0 spiro atoms. The second-order valence-corrected chi connectivity index (χ2v) is 6.90. The lowest BCUT2D eigenvalue weighted by Crippen LogP contribution is -2.28. The molecule has 2 aromatic carbocycles. The number of carbonyl (C=O) groups is 1. The summed E-state index contributed by atoms with van der Waals surface area (Å²) in [5.41, 5.74) is 3.95. The van der Waals surface area contributed by atoms with Crippen LogP contribution in [0.25, 0.3) is 0 Å². The van der Waals surface area contributed by atoms with Crippen molar-refractivity contribution in [2.24, 2.45) is 0 Å². The van der Waals surface area contributed by atoms with Gasteiger partial charge in [-0.2, -0.15) is 0 Å². The van der Waals surface area contributed by atoms with E-state index in [1.807, 2.05) is 54.3 Å². The van der Waals surface area contributed by atoms with Crippen molar-refractivity contribution < 1.29 is 4.79 Å². The molecule has 25 heavy (non-hydrogen) atoms. The Labute approximate surface area is 158 Å². The molecule has 1 aliphatic heterocycles. The average Bonchev–Trinajstić information content (AvgIpc) is 3.03. The zero-order chi connectivity index (χ0) is 17.8. The van der Waals surface area contributed by atoms with Gasteiger partial charge in [-0.3, -0.25) is 4.79 Å². The van der Waals surface area contributed by atoms with Crippen LogP contribution in [0.2, 0.25) is 5.02 Å². The molecule has 4 nitrogen and oxygen atoms in total. The van der Waals surface area contributed by atoms with Crippen LogP contribution in [0.1, 0.15) is 24.0 Å². The first-order chi connectivity index (χ1) is 12.0. The van der Waals surface area contributed by atoms with Gasteiger partial charge in [0.15, 0.2) is 5.11 Å². The molecule has 1 aliphatic rings. The molecule has 0 saturated carbocycles. The minimum absolute atomic E-state index is 0.202. The van der Waals surface area contributed by atoms with E-state index in [-0.39, 0.29) is 5.91 Å². The van der Waals surface area contributed by atoms with Gasteiger partial charge in [0.1, 0.15) is 0 Å². The van der Waals surface area contributed by atoms with Gasteiger partial charge in [-0.25, -0.2) is 0 Å². The third-order valence-corrected chi connectivity index (χ3v) is 4.86. The zero-order valence-electron chi connectivity index (χ0n) is 14.0. The lowest BCUT2D eigenvalue weighted by atomic mass is 10.2. The van der Waals surface area contributed by atoms with Crippen molar-refractivity contribution in [1.29, 1.82) is 0 Å². The average molecular weight is 374 g/mol. The minimum atomic E-state index is 0.202. The monoisotopic (exact) mass is 373 g/mol. The van der Waals surface area contributed by atoms with Gasteiger partial charge in [0.25, 0.3) is 0 Å². The molecule has 2 aromatic rings. The van der Waals surface area contributed by atoms with E-state index in [1.165, 1.54) is 0 Å². The lowest BCUT2D eigenvalue weighted by molar-refractivity contribution is -0.117. The van der Waals surface area contributed by atoms with Gasteiger partial charge in [-0.05, 0) is 61.0 Å². The van der Waals surface area contributed by atoms with E-state index in [1.54, 1.807) is 0 Å². The number of anilines is 2. The molecule has 2 N–H and O–H groups in total. The van der Waals surface area contributed by atoms with Crippen molar-refractivity contribution in [2.45, 2.75) is 26.3 Å². The van der Waals surface area contributed by atoms with Crippen molar-refractivity contribution in [3.63, 3.8) is 0 Å². The largest absolute Gasteiger partial charge is 0.358 e. The molecule has 0 bridgehead atoms. The minimum Gasteiger partial charge on any atom is -0.358 e. The summed E-state index contributed by atoms with van der Waals surface area (Å²) >= 11 is 11.4. The molecule has 1 heterocycles. The second kappa shape index (κ2) is 7.85. The van der Waals surface area contributed by atoms with Crippen molar-refractivity contribution in [1.82, 2.24) is 5.32 Å². The number of aryl methyl sites for hydroxylation is 1. The fraction of sp³-hybridized carbons (Fsp3) is 0.263. The first-order valence-electron chi connectivity index (χ1n) is 8.23. The van der Waals surface area contributed by atoms with Gasteiger partial charge >= 0.3 is 0 Å². The second-order valence-electron chi connectivity index (χ2n) is 6.09. The predicted molar refractivity (Wildman–Crippen MR) is 107 cm³/mol. The molecule has 1 amide bonds. The van der Waals surface area contributed by atoms with Crippen LogP contribution in [0.15, 0.2) is 42.5 Å². The van der Waals surface area contributed by atoms with E-state index in [9.17, 15) is 4.79 Å². The van der Waals surface area contributed by atoms with Gasteiger partial charge in [0, 0.05) is 35.9 Å². The quantitative estimate of drug-likeness (QED) is 0.786. The van der Waals surface area contributed by atoms with Crippen LogP contribution >= 0.6 is 23.8 Å². The predicted octanol–water partition coefficient (Wildman–Crippen LogP) is 4.26. The Morgan fingerprint density at radius 1 is 1.24 bits per heavy atom. The Bertz CT molecular complexity index is 792. The Morgan fingerprint density at radius 3 is 2.64 bits per heavy atom. The highest BCUT2D eigenvalue weighted by molar-refractivity contribution is 7.80. The van der Waals surface area contributed by atoms with Gasteiger partial charge in [-0.1, -0.05) is 29.8 Å². The fourth-order valence-corrected chi connectivity index (χ4v) is 3.11. The highest BCUT2D eigenvalue weighted by Crippen LogP contribution is 2.22. The van der Waals surface area contributed by atoms with Gasteiger partial charge in [-0.15, -0.1) is 0 Å². The van der Waals surface area contributed by atoms with E-state index >= 15 is 0 Å². The van der Waals surface area contributed by atoms with Crippen LogP contribution in [0.5, 0.6) is 0 Å². The van der Waals surface area contributed by atoms with Gasteiger partial charge in [0.05, 0.1) is 0 Å². The molecule has 0 atom stereocenters. The van der Waals surface area contributed by atoms with Gasteiger partial charge in [0.2, 0.25) is 5.91 Å². The molecule has 1 saturated heterocycles. The molecule has 0 aliphatic carbocycles. The van der Waals surface area contributed by atoms with Crippen LogP contribution in [-0.2, 0) is 11.3 Å². The van der Waals surface area contributed by atoms with E-state index in [4.69, 9.17) is 23.8 Å². The third kappa shape index (κ3) is 4.50. The Hall–Kier alpha value is -2.11. The number of amides is 1. The first kappa shape index (κ1) is 17.7. The molecule has 0 unspecified atom stereocenters. The number of benzene rings is 2. The number of carbonyl (C=O) groups excluding carboxylic acids is 1. The van der Waals surface area contributed by atoms with Crippen molar-refractivity contribution in [3.8, 4) is 0 Å². The maximum atomic E-state index is 11.8. The topological polar surface area (TPSA) is 44.4 Å². The van der Waals surface area contributed by atoms with E-state index in [0.717, 1.165) is 35.5 Å². The van der Waals surface area contributed by atoms with Gasteiger partial charge < -0.3 is 15.5 Å². The van der Waals surface area contributed by atoms with Crippen molar-refractivity contribution in [3.05, 3.63) is 58.6 Å². The molecular formula is C19H20ClN3OS. The smallest absolute Gasteiger partial charge is 0.227 e. The standard InChI is InChI=1S/C19H20ClN3OS/c1-13-4-7-15(11-17(13)20)22-19(25)21-12-14-5-8-16(9-6-14)23-10-2-3-18(23)24/h4-9,11H,2-3,10,12H2,1H3,(H2,21,22,25). The Kier molecular flexibility index (Phi) is 5.56. The highest BCUT2D eigenvalue weighted by Gasteiger charge is 2.21. The number of hydrogen-bond acceptors (Lipinski definition) is 2. The molecule has 6 heteroatoms. The summed E-state index contributed by atoms with van der Waals surface area (Å²) in [4.78, 5) is 13.6. The summed E-state index contributed by atoms with van der Waals surface area (Å²) in [6.07, 6.45) is 1.58. The molecule has 0 aromatic heterocycles. The van der Waals surface area contributed by atoms with Crippen molar-refractivity contribution in [2.75, 3.05) is 16.8 Å². The Balaban J connectivity index is 1.53. The summed E-state index contributed by atoms with van der Waals surface area (Å²) in [5.74, 6) is 0.202.